The molecular weight excluding hydrogens is 370 g/mol. The van der Waals surface area contributed by atoms with Crippen LogP contribution in [-0.2, 0) is 7.05 Å². The number of carbonyl (C=O) groups is 1. The molecule has 0 aliphatic rings. The number of rotatable bonds is 7. The minimum absolute atomic E-state index is 0.00541. The van der Waals surface area contributed by atoms with Gasteiger partial charge in [0.1, 0.15) is 5.75 Å². The molecule has 0 atom stereocenters. The molecule has 1 aromatic heterocycles. The zero-order valence-electron chi connectivity index (χ0n) is 14.5. The Morgan fingerprint density at radius 3 is 2.62 bits per heavy atom. The van der Waals surface area contributed by atoms with Crippen molar-refractivity contribution in [2.24, 2.45) is 7.05 Å². The van der Waals surface area contributed by atoms with Crippen LogP contribution in [0, 0.1) is 0 Å². The third-order valence-corrected chi connectivity index (χ3v) is 5.01. The molecule has 0 saturated heterocycles. The molecule has 1 heterocycles. The van der Waals surface area contributed by atoms with Crippen LogP contribution in [0.4, 0.5) is 0 Å². The SMILES string of the molecule is CC(=O)c1ccccc1OCCSc1nnc(-c2ccc(Cl)cc2)n1C. The van der Waals surface area contributed by atoms with Crippen LogP contribution >= 0.6 is 23.4 Å². The van der Waals surface area contributed by atoms with Crippen molar-refractivity contribution in [3.05, 3.63) is 59.1 Å². The number of thioether (sulfide) groups is 1. The number of benzene rings is 2. The molecule has 3 aromatic rings. The van der Waals surface area contributed by atoms with Crippen molar-refractivity contribution >= 4 is 29.1 Å². The summed E-state index contributed by atoms with van der Waals surface area (Å²) in [6.45, 7) is 2.01. The second-order valence-corrected chi connectivity index (χ2v) is 7.12. The summed E-state index contributed by atoms with van der Waals surface area (Å²) < 4.78 is 7.69. The lowest BCUT2D eigenvalue weighted by molar-refractivity contribution is 0.101. The van der Waals surface area contributed by atoms with Crippen LogP contribution in [0.1, 0.15) is 17.3 Å². The van der Waals surface area contributed by atoms with Crippen molar-refractivity contribution in [3.63, 3.8) is 0 Å². The summed E-state index contributed by atoms with van der Waals surface area (Å²) in [4.78, 5) is 11.6. The topological polar surface area (TPSA) is 57.0 Å². The molecule has 2 aromatic carbocycles. The Labute approximate surface area is 161 Å². The fraction of sp³-hybridized carbons (Fsp3) is 0.211. The number of hydrogen-bond acceptors (Lipinski definition) is 5. The standard InChI is InChI=1S/C19H18ClN3O2S/c1-13(24)16-5-3-4-6-17(16)25-11-12-26-19-22-21-18(23(19)2)14-7-9-15(20)10-8-14/h3-10H,11-12H2,1-2H3. The lowest BCUT2D eigenvalue weighted by Crippen LogP contribution is -2.05. The van der Waals surface area contributed by atoms with Gasteiger partial charge in [-0.3, -0.25) is 4.79 Å². The van der Waals surface area contributed by atoms with E-state index in [1.165, 1.54) is 6.92 Å². The number of carbonyl (C=O) groups excluding carboxylic acids is 1. The number of Topliss-reactive ketones (excluding diaryl/α,β-unsaturated/α-hetero) is 1. The van der Waals surface area contributed by atoms with Gasteiger partial charge in [-0.2, -0.15) is 0 Å². The molecule has 26 heavy (non-hydrogen) atoms. The van der Waals surface area contributed by atoms with Crippen LogP contribution < -0.4 is 4.74 Å². The predicted octanol–water partition coefficient (Wildman–Crippen LogP) is 4.51. The number of hydrogen-bond donors (Lipinski definition) is 0. The van der Waals surface area contributed by atoms with E-state index in [2.05, 4.69) is 10.2 Å². The first-order valence-electron chi connectivity index (χ1n) is 8.07. The van der Waals surface area contributed by atoms with E-state index in [1.807, 2.05) is 54.1 Å². The van der Waals surface area contributed by atoms with Crippen molar-refractivity contribution < 1.29 is 9.53 Å². The Morgan fingerprint density at radius 2 is 1.88 bits per heavy atom. The van der Waals surface area contributed by atoms with Gasteiger partial charge in [0.05, 0.1) is 12.2 Å². The molecule has 0 aliphatic carbocycles. The highest BCUT2D eigenvalue weighted by atomic mass is 35.5. The first-order valence-corrected chi connectivity index (χ1v) is 9.43. The minimum atomic E-state index is -0.00541. The molecule has 0 aliphatic heterocycles. The van der Waals surface area contributed by atoms with Gasteiger partial charge in [0.2, 0.25) is 0 Å². The molecule has 0 unspecified atom stereocenters. The summed E-state index contributed by atoms with van der Waals surface area (Å²) >= 11 is 7.48. The van der Waals surface area contributed by atoms with E-state index in [0.29, 0.717) is 28.7 Å². The third-order valence-electron chi connectivity index (χ3n) is 3.78. The fourth-order valence-electron chi connectivity index (χ4n) is 2.46. The first kappa shape index (κ1) is 18.5. The number of para-hydroxylation sites is 1. The predicted molar refractivity (Wildman–Crippen MR) is 104 cm³/mol. The maximum absolute atomic E-state index is 11.6. The van der Waals surface area contributed by atoms with Crippen molar-refractivity contribution in [1.82, 2.24) is 14.8 Å². The Morgan fingerprint density at radius 1 is 1.15 bits per heavy atom. The molecule has 0 bridgehead atoms. The second-order valence-electron chi connectivity index (χ2n) is 5.62. The number of nitrogens with zero attached hydrogens (tertiary/aromatic N) is 3. The molecule has 0 saturated carbocycles. The highest BCUT2D eigenvalue weighted by molar-refractivity contribution is 7.99. The van der Waals surface area contributed by atoms with Gasteiger partial charge in [-0.1, -0.05) is 35.5 Å². The Bertz CT molecular complexity index is 909. The molecule has 3 rings (SSSR count). The quantitative estimate of drug-likeness (QED) is 0.339. The Kier molecular flexibility index (Phi) is 5.96. The monoisotopic (exact) mass is 387 g/mol. The molecule has 134 valence electrons. The van der Waals surface area contributed by atoms with Crippen molar-refractivity contribution in [2.45, 2.75) is 12.1 Å². The lowest BCUT2D eigenvalue weighted by Gasteiger charge is -2.09. The molecular formula is C19H18ClN3O2S. The first-order chi connectivity index (χ1) is 12.6. The van der Waals surface area contributed by atoms with Crippen LogP contribution in [0.2, 0.25) is 5.02 Å². The number of aromatic nitrogens is 3. The van der Waals surface area contributed by atoms with Crippen molar-refractivity contribution in [3.8, 4) is 17.1 Å². The van der Waals surface area contributed by atoms with E-state index >= 15 is 0 Å². The molecule has 7 heteroatoms. The van der Waals surface area contributed by atoms with Crippen LogP contribution in [0.5, 0.6) is 5.75 Å². The summed E-state index contributed by atoms with van der Waals surface area (Å²) in [6, 6.07) is 14.8. The zero-order valence-corrected chi connectivity index (χ0v) is 16.0. The van der Waals surface area contributed by atoms with Crippen molar-refractivity contribution in [2.75, 3.05) is 12.4 Å². The molecule has 5 nitrogen and oxygen atoms in total. The van der Waals surface area contributed by atoms with E-state index in [1.54, 1.807) is 17.8 Å². The maximum Gasteiger partial charge on any atom is 0.191 e. The van der Waals surface area contributed by atoms with Gasteiger partial charge < -0.3 is 9.30 Å². The summed E-state index contributed by atoms with van der Waals surface area (Å²) in [5, 5.41) is 9.98. The summed E-state index contributed by atoms with van der Waals surface area (Å²) in [6.07, 6.45) is 0. The summed E-state index contributed by atoms with van der Waals surface area (Å²) in [5.41, 5.74) is 1.56. The largest absolute Gasteiger partial charge is 0.492 e. The molecule has 0 N–H and O–H groups in total. The number of halogens is 1. The summed E-state index contributed by atoms with van der Waals surface area (Å²) in [5.74, 6) is 2.08. The van der Waals surface area contributed by atoms with E-state index in [-0.39, 0.29) is 5.78 Å². The second kappa shape index (κ2) is 8.38. The average molecular weight is 388 g/mol. The number of ether oxygens (including phenoxy) is 1. The van der Waals surface area contributed by atoms with E-state index in [4.69, 9.17) is 16.3 Å². The van der Waals surface area contributed by atoms with Gasteiger partial charge in [0.25, 0.3) is 0 Å². The molecule has 0 fully saturated rings. The van der Waals surface area contributed by atoms with Gasteiger partial charge in [0.15, 0.2) is 16.8 Å². The van der Waals surface area contributed by atoms with Gasteiger partial charge in [0, 0.05) is 23.4 Å². The van der Waals surface area contributed by atoms with Gasteiger partial charge in [-0.05, 0) is 43.3 Å². The lowest BCUT2D eigenvalue weighted by atomic mass is 10.1. The van der Waals surface area contributed by atoms with Gasteiger partial charge in [-0.15, -0.1) is 10.2 Å². The van der Waals surface area contributed by atoms with Crippen LogP contribution in [-0.4, -0.2) is 32.9 Å². The maximum atomic E-state index is 11.6. The fourth-order valence-corrected chi connectivity index (χ4v) is 3.31. The molecule has 0 amide bonds. The smallest absolute Gasteiger partial charge is 0.191 e. The summed E-state index contributed by atoms with van der Waals surface area (Å²) in [7, 11) is 1.93. The minimum Gasteiger partial charge on any atom is -0.492 e. The Balaban J connectivity index is 1.59. The average Bonchev–Trinajstić information content (AvgIpc) is 3.00. The van der Waals surface area contributed by atoms with Crippen LogP contribution in [0.3, 0.4) is 0 Å². The highest BCUT2D eigenvalue weighted by Gasteiger charge is 2.12. The molecule has 0 spiro atoms. The van der Waals surface area contributed by atoms with E-state index in [0.717, 1.165) is 16.5 Å². The zero-order chi connectivity index (χ0) is 18.5. The van der Waals surface area contributed by atoms with Gasteiger partial charge in [-0.25, -0.2) is 0 Å². The van der Waals surface area contributed by atoms with Crippen LogP contribution in [0.25, 0.3) is 11.4 Å². The number of ketones is 1. The normalized spacial score (nSPS) is 10.7. The van der Waals surface area contributed by atoms with Crippen molar-refractivity contribution in [1.29, 1.82) is 0 Å². The van der Waals surface area contributed by atoms with Crippen LogP contribution in [0.15, 0.2) is 53.7 Å². The van der Waals surface area contributed by atoms with E-state index in [9.17, 15) is 4.79 Å². The molecule has 0 radical (unpaired) electrons. The highest BCUT2D eigenvalue weighted by Crippen LogP contribution is 2.24. The Hall–Kier alpha value is -2.31. The third kappa shape index (κ3) is 4.26. The van der Waals surface area contributed by atoms with E-state index < -0.39 is 0 Å². The van der Waals surface area contributed by atoms with Gasteiger partial charge >= 0.3 is 0 Å².